The van der Waals surface area contributed by atoms with Gasteiger partial charge in [-0.1, -0.05) is 18.6 Å². The monoisotopic (exact) mass is 265 g/mol. The van der Waals surface area contributed by atoms with Crippen molar-refractivity contribution in [1.82, 2.24) is 8.61 Å². The molecule has 7 heteroatoms. The summed E-state index contributed by atoms with van der Waals surface area (Å²) in [5.41, 5.74) is 5.47. The lowest BCUT2D eigenvalue weighted by Crippen LogP contribution is -2.50. The third-order valence-electron chi connectivity index (χ3n) is 2.96. The fraction of sp³-hybridized carbons (Fsp3) is 0.889. The molecule has 1 fully saturated rings. The highest BCUT2D eigenvalue weighted by Crippen LogP contribution is 2.17. The van der Waals surface area contributed by atoms with E-state index in [9.17, 15) is 8.42 Å². The summed E-state index contributed by atoms with van der Waals surface area (Å²) in [6, 6.07) is -0.443. The van der Waals surface area contributed by atoms with E-state index in [0.717, 1.165) is 19.3 Å². The van der Waals surface area contributed by atoms with E-state index in [-0.39, 0.29) is 4.99 Å². The fourth-order valence-electron chi connectivity index (χ4n) is 1.66. The molecular weight excluding hydrogens is 246 g/mol. The average molecular weight is 265 g/mol. The molecule has 1 heterocycles. The maximum atomic E-state index is 12.2. The van der Waals surface area contributed by atoms with Crippen LogP contribution < -0.4 is 5.73 Å². The largest absolute Gasteiger partial charge is 0.392 e. The van der Waals surface area contributed by atoms with Crippen molar-refractivity contribution in [3.05, 3.63) is 0 Å². The summed E-state index contributed by atoms with van der Waals surface area (Å²) in [6.07, 6.45) is 2.95. The van der Waals surface area contributed by atoms with Crippen LogP contribution in [-0.2, 0) is 10.2 Å². The summed E-state index contributed by atoms with van der Waals surface area (Å²) < 4.78 is 27.1. The van der Waals surface area contributed by atoms with Gasteiger partial charge in [0.25, 0.3) is 10.2 Å². The Labute approximate surface area is 103 Å². The third-order valence-corrected chi connectivity index (χ3v) is 5.37. The van der Waals surface area contributed by atoms with E-state index in [2.05, 4.69) is 0 Å². The van der Waals surface area contributed by atoms with Crippen LogP contribution in [0.2, 0.25) is 0 Å². The minimum atomic E-state index is -3.41. The molecule has 2 N–H and O–H groups in total. The Kier molecular flexibility index (Phi) is 4.66. The molecule has 0 amide bonds. The van der Waals surface area contributed by atoms with E-state index < -0.39 is 16.3 Å². The van der Waals surface area contributed by atoms with Gasteiger partial charge in [-0.05, 0) is 19.8 Å². The summed E-state index contributed by atoms with van der Waals surface area (Å²) in [6.45, 7) is 2.89. The lowest BCUT2D eigenvalue weighted by Gasteiger charge is -2.32. The Morgan fingerprint density at radius 3 is 2.31 bits per heavy atom. The Morgan fingerprint density at radius 2 is 1.88 bits per heavy atom. The smallest absolute Gasteiger partial charge is 0.282 e. The van der Waals surface area contributed by atoms with E-state index in [1.807, 2.05) is 0 Å². The Balaban J connectivity index is 2.79. The SMILES string of the molecule is CC(C(N)=S)N(C)S(=O)(=O)N1CCCCC1. The first kappa shape index (κ1) is 13.8. The second-order valence-electron chi connectivity index (χ2n) is 4.06. The number of nitrogens with zero attached hydrogens (tertiary/aromatic N) is 2. The Morgan fingerprint density at radius 1 is 1.38 bits per heavy atom. The molecular formula is C9H19N3O2S2. The predicted molar refractivity (Wildman–Crippen MR) is 68.4 cm³/mol. The molecule has 1 unspecified atom stereocenters. The van der Waals surface area contributed by atoms with Crippen molar-refractivity contribution in [2.24, 2.45) is 5.73 Å². The van der Waals surface area contributed by atoms with Gasteiger partial charge >= 0.3 is 0 Å². The van der Waals surface area contributed by atoms with E-state index >= 15 is 0 Å². The van der Waals surface area contributed by atoms with Crippen LogP contribution in [0.4, 0.5) is 0 Å². The van der Waals surface area contributed by atoms with Crippen LogP contribution in [0.15, 0.2) is 0 Å². The average Bonchev–Trinajstić information content (AvgIpc) is 2.28. The van der Waals surface area contributed by atoms with Crippen LogP contribution in [0.25, 0.3) is 0 Å². The predicted octanol–water partition coefficient (Wildman–Crippen LogP) is 0.324. The van der Waals surface area contributed by atoms with Gasteiger partial charge in [-0.3, -0.25) is 0 Å². The molecule has 1 saturated heterocycles. The Bertz CT molecular complexity index is 350. The quantitative estimate of drug-likeness (QED) is 0.744. The van der Waals surface area contributed by atoms with Crippen molar-refractivity contribution >= 4 is 27.4 Å². The highest BCUT2D eigenvalue weighted by atomic mass is 32.2. The van der Waals surface area contributed by atoms with Crippen molar-refractivity contribution < 1.29 is 8.42 Å². The molecule has 0 saturated carbocycles. The van der Waals surface area contributed by atoms with E-state index in [1.165, 1.54) is 15.7 Å². The van der Waals surface area contributed by atoms with Gasteiger partial charge in [0.05, 0.1) is 11.0 Å². The van der Waals surface area contributed by atoms with Gasteiger partial charge in [-0.25, -0.2) is 0 Å². The van der Waals surface area contributed by atoms with Crippen molar-refractivity contribution in [2.75, 3.05) is 20.1 Å². The molecule has 0 aromatic heterocycles. The lowest BCUT2D eigenvalue weighted by atomic mass is 10.2. The number of hydrogen-bond donors (Lipinski definition) is 1. The normalized spacial score (nSPS) is 20.9. The van der Waals surface area contributed by atoms with Gasteiger partial charge < -0.3 is 5.73 Å². The van der Waals surface area contributed by atoms with Crippen molar-refractivity contribution in [3.8, 4) is 0 Å². The number of hydrogen-bond acceptors (Lipinski definition) is 3. The van der Waals surface area contributed by atoms with Crippen LogP contribution in [0.3, 0.4) is 0 Å². The molecule has 1 rings (SSSR count). The maximum absolute atomic E-state index is 12.2. The Hall–Kier alpha value is -0.240. The summed E-state index contributed by atoms with van der Waals surface area (Å²) >= 11 is 4.82. The zero-order chi connectivity index (χ0) is 12.3. The van der Waals surface area contributed by atoms with Crippen LogP contribution >= 0.6 is 12.2 Å². The third kappa shape index (κ3) is 2.91. The molecule has 0 spiro atoms. The minimum Gasteiger partial charge on any atom is -0.392 e. The molecule has 5 nitrogen and oxygen atoms in total. The second kappa shape index (κ2) is 5.39. The first-order valence-corrected chi connectivity index (χ1v) is 7.20. The van der Waals surface area contributed by atoms with Gasteiger partial charge in [0.1, 0.15) is 0 Å². The molecule has 0 aromatic carbocycles. The molecule has 0 aromatic rings. The standard InChI is InChI=1S/C9H19N3O2S2/c1-8(9(10)15)11(2)16(13,14)12-6-4-3-5-7-12/h8H,3-7H2,1-2H3,(H2,10,15). The molecule has 0 bridgehead atoms. The van der Waals surface area contributed by atoms with Gasteiger partial charge in [-0.15, -0.1) is 0 Å². The minimum absolute atomic E-state index is 0.197. The first-order valence-electron chi connectivity index (χ1n) is 5.40. The van der Waals surface area contributed by atoms with Crippen molar-refractivity contribution in [2.45, 2.75) is 32.2 Å². The van der Waals surface area contributed by atoms with Crippen LogP contribution in [-0.4, -0.2) is 48.2 Å². The maximum Gasteiger partial charge on any atom is 0.282 e. The zero-order valence-electron chi connectivity index (χ0n) is 9.72. The summed E-state index contributed by atoms with van der Waals surface area (Å²) in [7, 11) is -1.89. The summed E-state index contributed by atoms with van der Waals surface area (Å²) in [4.78, 5) is 0.197. The summed E-state index contributed by atoms with van der Waals surface area (Å²) in [5, 5.41) is 0. The second-order valence-corrected chi connectivity index (χ2v) is 6.52. The zero-order valence-corrected chi connectivity index (χ0v) is 11.4. The molecule has 0 radical (unpaired) electrons. The fourth-order valence-corrected chi connectivity index (χ4v) is 3.48. The van der Waals surface area contributed by atoms with E-state index in [0.29, 0.717) is 13.1 Å². The number of nitrogens with two attached hydrogens (primary N) is 1. The van der Waals surface area contributed by atoms with Gasteiger partial charge in [-0.2, -0.15) is 17.0 Å². The van der Waals surface area contributed by atoms with Gasteiger partial charge in [0.2, 0.25) is 0 Å². The van der Waals surface area contributed by atoms with Gasteiger partial charge in [0, 0.05) is 20.1 Å². The molecule has 16 heavy (non-hydrogen) atoms. The van der Waals surface area contributed by atoms with E-state index in [1.54, 1.807) is 6.92 Å². The number of rotatable bonds is 4. The molecule has 1 atom stereocenters. The number of thiocarbonyl (C=S) groups is 1. The van der Waals surface area contributed by atoms with Crippen LogP contribution in [0.5, 0.6) is 0 Å². The van der Waals surface area contributed by atoms with Crippen LogP contribution in [0.1, 0.15) is 26.2 Å². The van der Waals surface area contributed by atoms with E-state index in [4.69, 9.17) is 18.0 Å². The summed E-state index contributed by atoms with van der Waals surface area (Å²) in [5.74, 6) is 0. The highest BCUT2D eigenvalue weighted by Gasteiger charge is 2.31. The molecule has 1 aliphatic heterocycles. The highest BCUT2D eigenvalue weighted by molar-refractivity contribution is 7.87. The van der Waals surface area contributed by atoms with Gasteiger partial charge in [0.15, 0.2) is 0 Å². The number of piperidine rings is 1. The van der Waals surface area contributed by atoms with Crippen LogP contribution in [0, 0.1) is 0 Å². The molecule has 1 aliphatic rings. The van der Waals surface area contributed by atoms with Crippen molar-refractivity contribution in [1.29, 1.82) is 0 Å². The van der Waals surface area contributed by atoms with Crippen molar-refractivity contribution in [3.63, 3.8) is 0 Å². The molecule has 0 aliphatic carbocycles. The lowest BCUT2D eigenvalue weighted by molar-refractivity contribution is 0.311. The molecule has 94 valence electrons. The number of likely N-dealkylation sites (N-methyl/N-ethyl adjacent to an activating group) is 1. The first-order chi connectivity index (χ1) is 7.37. The topological polar surface area (TPSA) is 66.6 Å².